The Morgan fingerprint density at radius 3 is 2.53 bits per heavy atom. The fraction of sp³-hybridized carbons (Fsp3) is 0.385. The van der Waals surface area contributed by atoms with Crippen LogP contribution in [0.2, 0.25) is 0 Å². The van der Waals surface area contributed by atoms with E-state index in [-0.39, 0.29) is 5.78 Å². The topological polar surface area (TPSA) is 43.4 Å². The first-order valence-corrected chi connectivity index (χ1v) is 5.82. The number of aryl methyl sites for hydroxylation is 1. The maximum absolute atomic E-state index is 11.9. The quantitative estimate of drug-likeness (QED) is 0.471. The molecule has 1 unspecified atom stereocenters. The molecule has 4 heteroatoms. The Hall–Kier alpha value is -1.35. The van der Waals surface area contributed by atoms with Gasteiger partial charge in [-0.3, -0.25) is 4.79 Å². The molecule has 0 N–H and O–H groups in total. The highest BCUT2D eigenvalue weighted by Gasteiger charge is 2.18. The molecule has 3 nitrogen and oxygen atoms in total. The van der Waals surface area contributed by atoms with Crippen LogP contribution in [-0.4, -0.2) is 24.2 Å². The van der Waals surface area contributed by atoms with Gasteiger partial charge in [-0.05, 0) is 31.0 Å². The average Bonchev–Trinajstić information content (AvgIpc) is 2.35. The van der Waals surface area contributed by atoms with Crippen LogP contribution in [0.3, 0.4) is 0 Å². The normalized spacial score (nSPS) is 12.0. The molecule has 0 aliphatic carbocycles. The predicted molar refractivity (Wildman–Crippen MR) is 66.8 cm³/mol. The minimum atomic E-state index is -0.516. The number of rotatable bonds is 4. The average molecular weight is 255 g/mol. The lowest BCUT2D eigenvalue weighted by Crippen LogP contribution is -2.15. The number of ether oxygens (including phenoxy) is 1. The van der Waals surface area contributed by atoms with Crippen molar-refractivity contribution < 1.29 is 14.3 Å². The first-order chi connectivity index (χ1) is 8.01. The summed E-state index contributed by atoms with van der Waals surface area (Å²) in [5.74, 6) is -0.520. The highest BCUT2D eigenvalue weighted by atomic mass is 35.5. The van der Waals surface area contributed by atoms with Crippen LogP contribution in [-0.2, 0) is 4.74 Å². The summed E-state index contributed by atoms with van der Waals surface area (Å²) >= 11 is 5.91. The Balaban J connectivity index is 3.06. The SMILES string of the molecule is CCC(Cl)C(=O)c1ccc(C(=O)OC)cc1C. The van der Waals surface area contributed by atoms with Crippen molar-refractivity contribution in [3.8, 4) is 0 Å². The Bertz CT molecular complexity index is 440. The number of carbonyl (C=O) groups is 2. The van der Waals surface area contributed by atoms with Crippen molar-refractivity contribution in [3.05, 3.63) is 34.9 Å². The van der Waals surface area contributed by atoms with Gasteiger partial charge >= 0.3 is 5.97 Å². The molecule has 1 rings (SSSR count). The molecule has 17 heavy (non-hydrogen) atoms. The van der Waals surface area contributed by atoms with E-state index in [1.54, 1.807) is 25.1 Å². The van der Waals surface area contributed by atoms with Gasteiger partial charge in [-0.1, -0.05) is 13.0 Å². The number of halogens is 1. The molecule has 0 aromatic heterocycles. The van der Waals surface area contributed by atoms with E-state index in [9.17, 15) is 9.59 Å². The standard InChI is InChI=1S/C13H15ClO3/c1-4-11(14)12(15)10-6-5-9(7-8(10)2)13(16)17-3/h5-7,11H,4H2,1-3H3. The summed E-state index contributed by atoms with van der Waals surface area (Å²) in [7, 11) is 1.32. The largest absolute Gasteiger partial charge is 0.465 e. The second kappa shape index (κ2) is 5.82. The van der Waals surface area contributed by atoms with Gasteiger partial charge in [-0.15, -0.1) is 11.6 Å². The molecule has 0 saturated carbocycles. The molecule has 92 valence electrons. The number of hydrogen-bond donors (Lipinski definition) is 0. The molecule has 0 aliphatic rings. The van der Waals surface area contributed by atoms with Crippen molar-refractivity contribution in [3.63, 3.8) is 0 Å². The zero-order valence-corrected chi connectivity index (χ0v) is 10.9. The number of hydrogen-bond acceptors (Lipinski definition) is 3. The van der Waals surface area contributed by atoms with Gasteiger partial charge in [-0.2, -0.15) is 0 Å². The van der Waals surface area contributed by atoms with Crippen molar-refractivity contribution in [2.24, 2.45) is 0 Å². The van der Waals surface area contributed by atoms with Crippen LogP contribution >= 0.6 is 11.6 Å². The number of esters is 1. The molecule has 0 bridgehead atoms. The third-order valence-electron chi connectivity index (χ3n) is 2.56. The number of carbonyl (C=O) groups excluding carboxylic acids is 2. The highest BCUT2D eigenvalue weighted by molar-refractivity contribution is 6.34. The van der Waals surface area contributed by atoms with Crippen LogP contribution in [0.1, 0.15) is 39.6 Å². The third-order valence-corrected chi connectivity index (χ3v) is 3.06. The predicted octanol–water partition coefficient (Wildman–Crippen LogP) is 2.98. The Morgan fingerprint density at radius 1 is 1.41 bits per heavy atom. The summed E-state index contributed by atoms with van der Waals surface area (Å²) in [6.45, 7) is 3.63. The number of ketones is 1. The van der Waals surface area contributed by atoms with Crippen LogP contribution in [0.5, 0.6) is 0 Å². The first kappa shape index (κ1) is 13.7. The summed E-state index contributed by atoms with van der Waals surface area (Å²) < 4.78 is 4.61. The molecule has 0 fully saturated rings. The Morgan fingerprint density at radius 2 is 2.06 bits per heavy atom. The molecule has 0 saturated heterocycles. The van der Waals surface area contributed by atoms with Crippen molar-refractivity contribution in [1.29, 1.82) is 0 Å². The van der Waals surface area contributed by atoms with E-state index >= 15 is 0 Å². The van der Waals surface area contributed by atoms with Crippen molar-refractivity contribution in [1.82, 2.24) is 0 Å². The van der Waals surface area contributed by atoms with Gasteiger partial charge in [0, 0.05) is 5.56 Å². The van der Waals surface area contributed by atoms with E-state index in [0.717, 1.165) is 5.56 Å². The number of methoxy groups -OCH3 is 1. The molecular weight excluding hydrogens is 240 g/mol. The Kier molecular flexibility index (Phi) is 4.70. The van der Waals surface area contributed by atoms with Crippen molar-refractivity contribution >= 4 is 23.4 Å². The fourth-order valence-corrected chi connectivity index (χ4v) is 1.66. The molecule has 0 spiro atoms. The van der Waals surface area contributed by atoms with Gasteiger partial charge in [0.15, 0.2) is 5.78 Å². The van der Waals surface area contributed by atoms with Gasteiger partial charge < -0.3 is 4.74 Å². The van der Waals surface area contributed by atoms with Gasteiger partial charge in [0.2, 0.25) is 0 Å². The van der Waals surface area contributed by atoms with E-state index < -0.39 is 11.3 Å². The van der Waals surface area contributed by atoms with Gasteiger partial charge in [0.05, 0.1) is 18.1 Å². The molecule has 1 aromatic rings. The second-order valence-corrected chi connectivity index (χ2v) is 4.29. The molecule has 1 aromatic carbocycles. The van der Waals surface area contributed by atoms with Gasteiger partial charge in [0.25, 0.3) is 0 Å². The lowest BCUT2D eigenvalue weighted by molar-refractivity contribution is 0.0600. The zero-order valence-electron chi connectivity index (χ0n) is 10.1. The highest BCUT2D eigenvalue weighted by Crippen LogP contribution is 2.17. The molecular formula is C13H15ClO3. The van der Waals surface area contributed by atoms with E-state index in [0.29, 0.717) is 17.5 Å². The van der Waals surface area contributed by atoms with Crippen LogP contribution in [0.25, 0.3) is 0 Å². The summed E-state index contributed by atoms with van der Waals surface area (Å²) in [5.41, 5.74) is 1.72. The number of Topliss-reactive ketones (excluding diaryl/α,β-unsaturated/α-hetero) is 1. The van der Waals surface area contributed by atoms with E-state index in [2.05, 4.69) is 4.74 Å². The van der Waals surface area contributed by atoms with Crippen molar-refractivity contribution in [2.75, 3.05) is 7.11 Å². The zero-order chi connectivity index (χ0) is 13.0. The van der Waals surface area contributed by atoms with Crippen LogP contribution in [0.4, 0.5) is 0 Å². The molecule has 0 aliphatic heterocycles. The van der Waals surface area contributed by atoms with Gasteiger partial charge in [0.1, 0.15) is 0 Å². The van der Waals surface area contributed by atoms with E-state index in [1.807, 2.05) is 6.92 Å². The fourth-order valence-electron chi connectivity index (χ4n) is 1.54. The second-order valence-electron chi connectivity index (χ2n) is 3.76. The minimum absolute atomic E-state index is 0.108. The number of benzene rings is 1. The summed E-state index contributed by atoms with van der Waals surface area (Å²) in [6.07, 6.45) is 0.582. The maximum atomic E-state index is 11.9. The first-order valence-electron chi connectivity index (χ1n) is 5.38. The summed E-state index contributed by atoms with van der Waals surface area (Å²) in [6, 6.07) is 4.83. The molecule has 0 heterocycles. The third kappa shape index (κ3) is 3.07. The molecule has 0 radical (unpaired) electrons. The van der Waals surface area contributed by atoms with Crippen LogP contribution in [0.15, 0.2) is 18.2 Å². The van der Waals surface area contributed by atoms with E-state index in [1.165, 1.54) is 7.11 Å². The summed E-state index contributed by atoms with van der Waals surface area (Å²) in [5, 5.41) is -0.516. The Labute approximate surface area is 106 Å². The molecule has 1 atom stereocenters. The molecule has 0 amide bonds. The minimum Gasteiger partial charge on any atom is -0.465 e. The lowest BCUT2D eigenvalue weighted by atomic mass is 9.99. The smallest absolute Gasteiger partial charge is 0.337 e. The van der Waals surface area contributed by atoms with Crippen molar-refractivity contribution in [2.45, 2.75) is 25.6 Å². The van der Waals surface area contributed by atoms with E-state index in [4.69, 9.17) is 11.6 Å². The van der Waals surface area contributed by atoms with Crippen LogP contribution in [0, 0.1) is 6.92 Å². The summed E-state index contributed by atoms with van der Waals surface area (Å²) in [4.78, 5) is 23.2. The number of alkyl halides is 1. The van der Waals surface area contributed by atoms with Crippen LogP contribution < -0.4 is 0 Å². The monoisotopic (exact) mass is 254 g/mol. The maximum Gasteiger partial charge on any atom is 0.337 e. The lowest BCUT2D eigenvalue weighted by Gasteiger charge is -2.09. The van der Waals surface area contributed by atoms with Gasteiger partial charge in [-0.25, -0.2) is 4.79 Å².